The van der Waals surface area contributed by atoms with Crippen molar-refractivity contribution in [2.75, 3.05) is 0 Å². The monoisotopic (exact) mass is 356 g/mol. The number of nitrogens with zero attached hydrogens (tertiary/aromatic N) is 2. The van der Waals surface area contributed by atoms with E-state index in [9.17, 15) is 14.4 Å². The van der Waals surface area contributed by atoms with Gasteiger partial charge in [0.05, 0.1) is 17.2 Å². The van der Waals surface area contributed by atoms with Gasteiger partial charge in [0.15, 0.2) is 0 Å². The number of aromatic nitrogens is 2. The third kappa shape index (κ3) is 4.62. The predicted molar refractivity (Wildman–Crippen MR) is 93.5 cm³/mol. The first-order valence-corrected chi connectivity index (χ1v) is 7.92. The standard InChI is InChI=1S/C18H20N4O4/c1-11(12-4-6-13(7-5-12)16(24)25)21-17(26)18(2,3)22-15(23)14-8-19-10-20-9-14/h4-11H,1-3H3,(H,21,26)(H,22,23)(H,24,25). The number of carboxylic acids is 1. The number of rotatable bonds is 6. The summed E-state index contributed by atoms with van der Waals surface area (Å²) in [6, 6.07) is 5.87. The van der Waals surface area contributed by atoms with Crippen LogP contribution in [0.5, 0.6) is 0 Å². The van der Waals surface area contributed by atoms with E-state index < -0.39 is 17.4 Å². The Morgan fingerprint density at radius 1 is 1.04 bits per heavy atom. The first-order valence-electron chi connectivity index (χ1n) is 7.92. The molecule has 0 fully saturated rings. The molecule has 1 atom stereocenters. The Kier molecular flexibility index (Phi) is 5.66. The van der Waals surface area contributed by atoms with E-state index in [0.29, 0.717) is 0 Å². The fraction of sp³-hybridized carbons (Fsp3) is 0.278. The molecule has 0 radical (unpaired) electrons. The third-order valence-electron chi connectivity index (χ3n) is 3.82. The van der Waals surface area contributed by atoms with E-state index in [0.717, 1.165) is 5.56 Å². The number of amides is 2. The quantitative estimate of drug-likeness (QED) is 0.722. The summed E-state index contributed by atoms with van der Waals surface area (Å²) in [5, 5.41) is 14.4. The lowest BCUT2D eigenvalue weighted by molar-refractivity contribution is -0.126. The number of carboxylic acid groups (broad SMARTS) is 1. The zero-order valence-electron chi connectivity index (χ0n) is 14.7. The predicted octanol–water partition coefficient (Wildman–Crippen LogP) is 1.56. The molecule has 2 amide bonds. The van der Waals surface area contributed by atoms with Gasteiger partial charge in [-0.1, -0.05) is 12.1 Å². The van der Waals surface area contributed by atoms with E-state index in [1.165, 1.54) is 30.9 Å². The van der Waals surface area contributed by atoms with Crippen LogP contribution in [0.4, 0.5) is 0 Å². The van der Waals surface area contributed by atoms with Gasteiger partial charge < -0.3 is 15.7 Å². The van der Waals surface area contributed by atoms with Crippen LogP contribution < -0.4 is 10.6 Å². The topological polar surface area (TPSA) is 121 Å². The molecule has 1 aromatic carbocycles. The number of nitrogens with one attached hydrogen (secondary N) is 2. The van der Waals surface area contributed by atoms with Gasteiger partial charge in [-0.15, -0.1) is 0 Å². The molecule has 3 N–H and O–H groups in total. The normalized spacial score (nSPS) is 12.1. The third-order valence-corrected chi connectivity index (χ3v) is 3.82. The molecule has 0 aliphatic rings. The molecule has 8 heteroatoms. The summed E-state index contributed by atoms with van der Waals surface area (Å²) in [4.78, 5) is 43.2. The highest BCUT2D eigenvalue weighted by Crippen LogP contribution is 2.15. The minimum Gasteiger partial charge on any atom is -0.478 e. The summed E-state index contributed by atoms with van der Waals surface area (Å²) in [6.07, 6.45) is 4.04. The zero-order valence-corrected chi connectivity index (χ0v) is 14.7. The van der Waals surface area contributed by atoms with Crippen LogP contribution in [0.3, 0.4) is 0 Å². The van der Waals surface area contributed by atoms with Gasteiger partial charge in [-0.25, -0.2) is 14.8 Å². The second kappa shape index (κ2) is 7.73. The van der Waals surface area contributed by atoms with Crippen molar-refractivity contribution < 1.29 is 19.5 Å². The SMILES string of the molecule is CC(NC(=O)C(C)(C)NC(=O)c1cncnc1)c1ccc(C(=O)O)cc1. The Balaban J connectivity index is 2.02. The summed E-state index contributed by atoms with van der Waals surface area (Å²) in [6.45, 7) is 4.95. The number of carbonyl (C=O) groups is 3. The van der Waals surface area contributed by atoms with Crippen LogP contribution in [0.2, 0.25) is 0 Å². The molecule has 1 heterocycles. The summed E-state index contributed by atoms with van der Waals surface area (Å²) in [5.74, 6) is -1.84. The van der Waals surface area contributed by atoms with Crippen molar-refractivity contribution in [2.45, 2.75) is 32.4 Å². The minimum atomic E-state index is -1.16. The van der Waals surface area contributed by atoms with Crippen molar-refractivity contribution in [1.82, 2.24) is 20.6 Å². The van der Waals surface area contributed by atoms with Crippen LogP contribution in [0.1, 0.15) is 53.1 Å². The molecular weight excluding hydrogens is 336 g/mol. The van der Waals surface area contributed by atoms with E-state index in [2.05, 4.69) is 20.6 Å². The number of carbonyl (C=O) groups excluding carboxylic acids is 2. The van der Waals surface area contributed by atoms with Crippen LogP contribution in [-0.4, -0.2) is 38.4 Å². The van der Waals surface area contributed by atoms with Crippen LogP contribution >= 0.6 is 0 Å². The van der Waals surface area contributed by atoms with E-state index >= 15 is 0 Å². The molecule has 136 valence electrons. The Hall–Kier alpha value is -3.29. The van der Waals surface area contributed by atoms with E-state index in [1.54, 1.807) is 32.9 Å². The van der Waals surface area contributed by atoms with E-state index in [4.69, 9.17) is 5.11 Å². The minimum absolute atomic E-state index is 0.171. The van der Waals surface area contributed by atoms with Gasteiger partial charge >= 0.3 is 5.97 Å². The van der Waals surface area contributed by atoms with Crippen LogP contribution in [0.15, 0.2) is 43.0 Å². The fourth-order valence-electron chi connectivity index (χ4n) is 2.20. The van der Waals surface area contributed by atoms with Gasteiger partial charge in [0.1, 0.15) is 11.9 Å². The van der Waals surface area contributed by atoms with E-state index in [1.807, 2.05) is 0 Å². The molecular formula is C18H20N4O4. The number of benzene rings is 1. The van der Waals surface area contributed by atoms with Crippen molar-refractivity contribution in [1.29, 1.82) is 0 Å². The van der Waals surface area contributed by atoms with Gasteiger partial charge in [0.25, 0.3) is 5.91 Å². The first kappa shape index (κ1) is 19.0. The Morgan fingerprint density at radius 2 is 1.62 bits per heavy atom. The summed E-state index contributed by atoms with van der Waals surface area (Å²) >= 11 is 0. The van der Waals surface area contributed by atoms with E-state index in [-0.39, 0.29) is 23.1 Å². The van der Waals surface area contributed by atoms with Crippen LogP contribution in [0, 0.1) is 0 Å². The molecule has 2 rings (SSSR count). The lowest BCUT2D eigenvalue weighted by Crippen LogP contribution is -2.55. The molecule has 26 heavy (non-hydrogen) atoms. The summed E-state index contributed by atoms with van der Waals surface area (Å²) in [5.41, 5.74) is 0.0138. The molecule has 0 spiro atoms. The van der Waals surface area contributed by atoms with Crippen molar-refractivity contribution in [3.05, 3.63) is 59.7 Å². The highest BCUT2D eigenvalue weighted by Gasteiger charge is 2.31. The Bertz CT molecular complexity index is 804. The lowest BCUT2D eigenvalue weighted by Gasteiger charge is -2.27. The van der Waals surface area contributed by atoms with Crippen LogP contribution in [-0.2, 0) is 4.79 Å². The first-order chi connectivity index (χ1) is 12.2. The van der Waals surface area contributed by atoms with Gasteiger partial charge in [-0.3, -0.25) is 9.59 Å². The van der Waals surface area contributed by atoms with Crippen molar-refractivity contribution in [3.8, 4) is 0 Å². The van der Waals surface area contributed by atoms with Crippen LogP contribution in [0.25, 0.3) is 0 Å². The number of aromatic carboxylic acids is 1. The summed E-state index contributed by atoms with van der Waals surface area (Å²) in [7, 11) is 0. The number of hydrogen-bond donors (Lipinski definition) is 3. The smallest absolute Gasteiger partial charge is 0.335 e. The molecule has 2 aromatic rings. The lowest BCUT2D eigenvalue weighted by atomic mass is 10.0. The van der Waals surface area contributed by atoms with Crippen molar-refractivity contribution in [2.24, 2.45) is 0 Å². The maximum absolute atomic E-state index is 12.5. The molecule has 8 nitrogen and oxygen atoms in total. The highest BCUT2D eigenvalue weighted by atomic mass is 16.4. The maximum Gasteiger partial charge on any atom is 0.335 e. The molecule has 0 aliphatic carbocycles. The number of hydrogen-bond acceptors (Lipinski definition) is 5. The second-order valence-electron chi connectivity index (χ2n) is 6.33. The van der Waals surface area contributed by atoms with Gasteiger partial charge in [-0.05, 0) is 38.5 Å². The highest BCUT2D eigenvalue weighted by molar-refractivity contribution is 5.98. The zero-order chi connectivity index (χ0) is 19.3. The maximum atomic E-state index is 12.5. The van der Waals surface area contributed by atoms with Gasteiger partial charge in [-0.2, -0.15) is 0 Å². The average molecular weight is 356 g/mol. The largest absolute Gasteiger partial charge is 0.478 e. The van der Waals surface area contributed by atoms with Gasteiger partial charge in [0.2, 0.25) is 5.91 Å². The summed E-state index contributed by atoms with van der Waals surface area (Å²) < 4.78 is 0. The molecule has 0 saturated heterocycles. The molecule has 1 unspecified atom stereocenters. The average Bonchev–Trinajstić information content (AvgIpc) is 2.62. The van der Waals surface area contributed by atoms with Gasteiger partial charge in [0, 0.05) is 12.4 Å². The Morgan fingerprint density at radius 3 is 2.15 bits per heavy atom. The molecule has 0 bridgehead atoms. The van der Waals surface area contributed by atoms with Crippen molar-refractivity contribution in [3.63, 3.8) is 0 Å². The molecule has 1 aromatic heterocycles. The molecule has 0 aliphatic heterocycles. The fourth-order valence-corrected chi connectivity index (χ4v) is 2.20. The second-order valence-corrected chi connectivity index (χ2v) is 6.33. The van der Waals surface area contributed by atoms with Crippen molar-refractivity contribution >= 4 is 17.8 Å². The molecule has 0 saturated carbocycles. The Labute approximate surface area is 150 Å².